The lowest BCUT2D eigenvalue weighted by Crippen LogP contribution is -2.37. The first kappa shape index (κ1) is 20.0. The molecule has 134 valence electrons. The first-order valence-corrected chi connectivity index (χ1v) is 9.10. The van der Waals surface area contributed by atoms with Crippen molar-refractivity contribution in [2.45, 2.75) is 59.4 Å². The van der Waals surface area contributed by atoms with E-state index in [-0.39, 0.29) is 5.91 Å². The minimum atomic E-state index is 0.0593. The summed E-state index contributed by atoms with van der Waals surface area (Å²) in [5.74, 6) is 0.901. The summed E-state index contributed by atoms with van der Waals surface area (Å²) < 4.78 is 0. The second kappa shape index (κ2) is 12.4. The summed E-state index contributed by atoms with van der Waals surface area (Å²) in [6.45, 7) is 8.62. The van der Waals surface area contributed by atoms with Gasteiger partial charge < -0.3 is 16.0 Å². The van der Waals surface area contributed by atoms with Crippen molar-refractivity contribution in [2.24, 2.45) is 4.99 Å². The second-order valence-electron chi connectivity index (χ2n) is 5.83. The number of anilines is 1. The Kier molecular flexibility index (Phi) is 10.3. The summed E-state index contributed by atoms with van der Waals surface area (Å²) >= 11 is 0. The molecule has 0 spiro atoms. The van der Waals surface area contributed by atoms with Crippen LogP contribution < -0.4 is 16.0 Å². The molecule has 0 bridgehead atoms. The fourth-order valence-corrected chi connectivity index (χ4v) is 2.29. The van der Waals surface area contributed by atoms with Crippen molar-refractivity contribution < 1.29 is 4.79 Å². The second-order valence-corrected chi connectivity index (χ2v) is 5.83. The number of nitrogens with zero attached hydrogens (tertiary/aromatic N) is 1. The SMILES string of the molecule is CCCCCNC(=NCc1cccc(NC(=O)CCC)c1)NCC. The van der Waals surface area contributed by atoms with Gasteiger partial charge in [-0.2, -0.15) is 0 Å². The molecule has 0 saturated heterocycles. The molecule has 0 heterocycles. The normalized spacial score (nSPS) is 11.2. The number of amides is 1. The van der Waals surface area contributed by atoms with Gasteiger partial charge in [-0.15, -0.1) is 0 Å². The Balaban J connectivity index is 2.59. The smallest absolute Gasteiger partial charge is 0.224 e. The molecule has 1 aromatic carbocycles. The van der Waals surface area contributed by atoms with Gasteiger partial charge in [0, 0.05) is 25.2 Å². The Labute approximate surface area is 146 Å². The molecule has 0 aromatic heterocycles. The quantitative estimate of drug-likeness (QED) is 0.348. The summed E-state index contributed by atoms with van der Waals surface area (Å²) in [5.41, 5.74) is 1.91. The van der Waals surface area contributed by atoms with E-state index in [1.54, 1.807) is 0 Å². The lowest BCUT2D eigenvalue weighted by atomic mass is 10.2. The molecule has 0 aliphatic carbocycles. The maximum absolute atomic E-state index is 11.7. The highest BCUT2D eigenvalue weighted by molar-refractivity contribution is 5.90. The highest BCUT2D eigenvalue weighted by Gasteiger charge is 2.02. The van der Waals surface area contributed by atoms with Crippen molar-refractivity contribution in [1.29, 1.82) is 0 Å². The Morgan fingerprint density at radius 1 is 1.08 bits per heavy atom. The number of carbonyl (C=O) groups is 1. The van der Waals surface area contributed by atoms with Crippen LogP contribution in [-0.2, 0) is 11.3 Å². The lowest BCUT2D eigenvalue weighted by molar-refractivity contribution is -0.116. The molecule has 5 nitrogen and oxygen atoms in total. The topological polar surface area (TPSA) is 65.5 Å². The average molecular weight is 332 g/mol. The lowest BCUT2D eigenvalue weighted by Gasteiger charge is -2.11. The van der Waals surface area contributed by atoms with Gasteiger partial charge in [0.2, 0.25) is 5.91 Å². The molecule has 0 radical (unpaired) electrons. The zero-order valence-corrected chi connectivity index (χ0v) is 15.3. The Bertz CT molecular complexity index is 514. The number of guanidine groups is 1. The first-order chi connectivity index (χ1) is 11.7. The molecule has 1 aromatic rings. The van der Waals surface area contributed by atoms with E-state index in [9.17, 15) is 4.79 Å². The van der Waals surface area contributed by atoms with E-state index < -0.39 is 0 Å². The van der Waals surface area contributed by atoms with Crippen molar-refractivity contribution in [3.63, 3.8) is 0 Å². The molecular weight excluding hydrogens is 300 g/mol. The summed E-state index contributed by atoms with van der Waals surface area (Å²) in [7, 11) is 0. The molecule has 3 N–H and O–H groups in total. The predicted octanol–water partition coefficient (Wildman–Crippen LogP) is 3.67. The number of nitrogens with one attached hydrogen (secondary N) is 3. The maximum atomic E-state index is 11.7. The van der Waals surface area contributed by atoms with Gasteiger partial charge >= 0.3 is 0 Å². The fourth-order valence-electron chi connectivity index (χ4n) is 2.29. The van der Waals surface area contributed by atoms with Crippen molar-refractivity contribution in [2.75, 3.05) is 18.4 Å². The Morgan fingerprint density at radius 3 is 2.62 bits per heavy atom. The van der Waals surface area contributed by atoms with Crippen LogP contribution in [0.1, 0.15) is 58.4 Å². The van der Waals surface area contributed by atoms with Crippen LogP contribution in [0.15, 0.2) is 29.3 Å². The standard InChI is InChI=1S/C19H32N4O/c1-4-7-8-13-21-19(20-6-3)22-15-16-11-9-12-17(14-16)23-18(24)10-5-2/h9,11-12,14H,4-8,10,13,15H2,1-3H3,(H,23,24)(H2,20,21,22). The molecule has 0 saturated carbocycles. The number of unbranched alkanes of at least 4 members (excludes halogenated alkanes) is 2. The van der Waals surface area contributed by atoms with E-state index in [2.05, 4.69) is 34.8 Å². The van der Waals surface area contributed by atoms with Crippen molar-refractivity contribution in [3.05, 3.63) is 29.8 Å². The monoisotopic (exact) mass is 332 g/mol. The van der Waals surface area contributed by atoms with Crippen LogP contribution in [0, 0.1) is 0 Å². The van der Waals surface area contributed by atoms with E-state index in [4.69, 9.17) is 0 Å². The van der Waals surface area contributed by atoms with Crippen LogP contribution in [0.25, 0.3) is 0 Å². The fraction of sp³-hybridized carbons (Fsp3) is 0.579. The summed E-state index contributed by atoms with van der Waals surface area (Å²) in [6, 6.07) is 7.88. The van der Waals surface area contributed by atoms with Crippen molar-refractivity contribution in [3.8, 4) is 0 Å². The third kappa shape index (κ3) is 8.56. The van der Waals surface area contributed by atoms with Crippen LogP contribution in [0.3, 0.4) is 0 Å². The van der Waals surface area contributed by atoms with Gasteiger partial charge in [-0.1, -0.05) is 38.8 Å². The zero-order chi connectivity index (χ0) is 17.6. The summed E-state index contributed by atoms with van der Waals surface area (Å²) in [4.78, 5) is 16.3. The van der Waals surface area contributed by atoms with Crippen molar-refractivity contribution >= 4 is 17.6 Å². The van der Waals surface area contributed by atoms with E-state index in [1.165, 1.54) is 12.8 Å². The number of carbonyl (C=O) groups excluding carboxylic acids is 1. The highest BCUT2D eigenvalue weighted by Crippen LogP contribution is 2.12. The molecular formula is C19H32N4O. The van der Waals surface area contributed by atoms with Gasteiger partial charge in [0.1, 0.15) is 0 Å². The molecule has 24 heavy (non-hydrogen) atoms. The van der Waals surface area contributed by atoms with Crippen molar-refractivity contribution in [1.82, 2.24) is 10.6 Å². The van der Waals surface area contributed by atoms with Gasteiger partial charge in [-0.25, -0.2) is 4.99 Å². The van der Waals surface area contributed by atoms with E-state index in [0.717, 1.165) is 43.1 Å². The van der Waals surface area contributed by atoms with E-state index in [1.807, 2.05) is 31.2 Å². The molecule has 1 rings (SSSR count). The van der Waals surface area contributed by atoms with Crippen LogP contribution >= 0.6 is 0 Å². The molecule has 0 aliphatic rings. The van der Waals surface area contributed by atoms with Gasteiger partial charge in [0.05, 0.1) is 6.54 Å². The average Bonchev–Trinajstić information content (AvgIpc) is 2.57. The molecule has 1 amide bonds. The van der Waals surface area contributed by atoms with E-state index in [0.29, 0.717) is 13.0 Å². The van der Waals surface area contributed by atoms with Gasteiger partial charge in [0.15, 0.2) is 5.96 Å². The van der Waals surface area contributed by atoms with Gasteiger partial charge in [0.25, 0.3) is 0 Å². The number of hydrogen-bond acceptors (Lipinski definition) is 2. The molecule has 0 fully saturated rings. The highest BCUT2D eigenvalue weighted by atomic mass is 16.1. The Hall–Kier alpha value is -2.04. The third-order valence-electron chi connectivity index (χ3n) is 3.52. The molecule has 0 aliphatic heterocycles. The minimum absolute atomic E-state index is 0.0593. The zero-order valence-electron chi connectivity index (χ0n) is 15.3. The molecule has 0 unspecified atom stereocenters. The molecule has 0 atom stereocenters. The minimum Gasteiger partial charge on any atom is -0.357 e. The third-order valence-corrected chi connectivity index (χ3v) is 3.52. The molecule has 5 heteroatoms. The van der Waals surface area contributed by atoms with Crippen LogP contribution in [0.4, 0.5) is 5.69 Å². The summed E-state index contributed by atoms with van der Waals surface area (Å²) in [5, 5.41) is 9.55. The number of hydrogen-bond donors (Lipinski definition) is 3. The Morgan fingerprint density at radius 2 is 1.92 bits per heavy atom. The van der Waals surface area contributed by atoms with Gasteiger partial charge in [-0.3, -0.25) is 4.79 Å². The largest absolute Gasteiger partial charge is 0.357 e. The number of aliphatic imine (C=N–C) groups is 1. The van der Waals surface area contributed by atoms with Crippen LogP contribution in [-0.4, -0.2) is 25.0 Å². The number of benzene rings is 1. The first-order valence-electron chi connectivity index (χ1n) is 9.10. The van der Waals surface area contributed by atoms with Crippen LogP contribution in [0.2, 0.25) is 0 Å². The van der Waals surface area contributed by atoms with Crippen LogP contribution in [0.5, 0.6) is 0 Å². The van der Waals surface area contributed by atoms with Gasteiger partial charge in [-0.05, 0) is 37.5 Å². The number of rotatable bonds is 10. The van der Waals surface area contributed by atoms with E-state index >= 15 is 0 Å². The summed E-state index contributed by atoms with van der Waals surface area (Å²) in [6.07, 6.45) is 5.00. The predicted molar refractivity (Wildman–Crippen MR) is 102 cm³/mol. The maximum Gasteiger partial charge on any atom is 0.224 e.